The van der Waals surface area contributed by atoms with Crippen LogP contribution in [-0.4, -0.2) is 18.3 Å². The number of rotatable bonds is 8. The second kappa shape index (κ2) is 8.92. The van der Waals surface area contributed by atoms with Crippen molar-refractivity contribution >= 4 is 17.4 Å². The number of anilines is 1. The number of hydrogen-bond donors (Lipinski definition) is 1. The number of nitrogens with one attached hydrogen (secondary N) is 1. The molecule has 4 nitrogen and oxygen atoms in total. The smallest absolute Gasteiger partial charge is 0.224 e. The third kappa shape index (κ3) is 5.67. The number of ether oxygens (including phenoxy) is 1. The van der Waals surface area contributed by atoms with E-state index < -0.39 is 17.5 Å². The maximum atomic E-state index is 13.5. The minimum Gasteiger partial charge on any atom is -0.494 e. The molecule has 0 aliphatic rings. The van der Waals surface area contributed by atoms with Crippen molar-refractivity contribution in [1.29, 1.82) is 0 Å². The number of benzene rings is 2. The van der Waals surface area contributed by atoms with Crippen molar-refractivity contribution in [2.45, 2.75) is 26.2 Å². The fraction of sp³-hybridized carbons (Fsp3) is 0.263. The molecule has 2 aromatic rings. The highest BCUT2D eigenvalue weighted by atomic mass is 19.1. The largest absolute Gasteiger partial charge is 0.494 e. The van der Waals surface area contributed by atoms with Gasteiger partial charge in [0, 0.05) is 24.5 Å². The molecule has 0 heterocycles. The summed E-state index contributed by atoms with van der Waals surface area (Å²) in [6.07, 6.45) is 0.790. The van der Waals surface area contributed by atoms with Crippen LogP contribution in [0.5, 0.6) is 5.75 Å². The summed E-state index contributed by atoms with van der Waals surface area (Å²) in [7, 11) is 0. The van der Waals surface area contributed by atoms with Gasteiger partial charge >= 0.3 is 0 Å². The van der Waals surface area contributed by atoms with Crippen LogP contribution in [-0.2, 0) is 4.79 Å². The summed E-state index contributed by atoms with van der Waals surface area (Å²) in [5.74, 6) is -1.61. The van der Waals surface area contributed by atoms with Crippen molar-refractivity contribution in [3.05, 3.63) is 59.7 Å². The predicted octanol–water partition coefficient (Wildman–Crippen LogP) is 4.36. The molecule has 25 heavy (non-hydrogen) atoms. The van der Waals surface area contributed by atoms with Gasteiger partial charge in [-0.15, -0.1) is 0 Å². The van der Waals surface area contributed by atoms with Crippen LogP contribution in [0, 0.1) is 11.6 Å². The van der Waals surface area contributed by atoms with Crippen molar-refractivity contribution in [1.82, 2.24) is 0 Å². The molecule has 6 heteroatoms. The molecule has 0 aromatic heterocycles. The van der Waals surface area contributed by atoms with E-state index in [0.29, 0.717) is 24.0 Å². The van der Waals surface area contributed by atoms with Crippen LogP contribution in [0.2, 0.25) is 0 Å². The van der Waals surface area contributed by atoms with Gasteiger partial charge in [0.2, 0.25) is 5.91 Å². The summed E-state index contributed by atoms with van der Waals surface area (Å²) in [4.78, 5) is 23.9. The molecule has 2 rings (SSSR count). The minimum atomic E-state index is -0.859. The minimum absolute atomic E-state index is 0.0101. The van der Waals surface area contributed by atoms with Gasteiger partial charge in [-0.05, 0) is 42.8 Å². The van der Waals surface area contributed by atoms with Crippen LogP contribution < -0.4 is 10.1 Å². The highest BCUT2D eigenvalue weighted by Gasteiger charge is 2.12. The molecule has 0 unspecified atom stereocenters. The van der Waals surface area contributed by atoms with E-state index in [2.05, 4.69) is 5.32 Å². The first-order chi connectivity index (χ1) is 12.0. The molecule has 2 aromatic carbocycles. The summed E-state index contributed by atoms with van der Waals surface area (Å²) in [6, 6.07) is 9.57. The molecule has 0 atom stereocenters. The molecule has 0 bridgehead atoms. The Hall–Kier alpha value is -2.76. The molecular weight excluding hydrogens is 328 g/mol. The van der Waals surface area contributed by atoms with Gasteiger partial charge in [0.05, 0.1) is 12.3 Å². The van der Waals surface area contributed by atoms with E-state index in [1.54, 1.807) is 24.3 Å². The van der Waals surface area contributed by atoms with E-state index >= 15 is 0 Å². The molecule has 0 spiro atoms. The second-order valence-corrected chi connectivity index (χ2v) is 5.47. The van der Waals surface area contributed by atoms with Crippen LogP contribution in [0.4, 0.5) is 14.5 Å². The van der Waals surface area contributed by atoms with E-state index in [-0.39, 0.29) is 24.3 Å². The highest BCUT2D eigenvalue weighted by Crippen LogP contribution is 2.17. The molecule has 1 N–H and O–H groups in total. The van der Waals surface area contributed by atoms with Crippen molar-refractivity contribution in [3.8, 4) is 5.75 Å². The Kier molecular flexibility index (Phi) is 6.62. The molecule has 0 aliphatic heterocycles. The fourth-order valence-corrected chi connectivity index (χ4v) is 2.13. The summed E-state index contributed by atoms with van der Waals surface area (Å²) < 4.78 is 31.7. The number of amides is 1. The Morgan fingerprint density at radius 3 is 2.40 bits per heavy atom. The van der Waals surface area contributed by atoms with Crippen molar-refractivity contribution in [2.75, 3.05) is 11.9 Å². The number of hydrogen-bond acceptors (Lipinski definition) is 3. The average molecular weight is 347 g/mol. The lowest BCUT2D eigenvalue weighted by Crippen LogP contribution is -2.14. The van der Waals surface area contributed by atoms with Crippen LogP contribution in [0.15, 0.2) is 42.5 Å². The lowest BCUT2D eigenvalue weighted by Gasteiger charge is -2.07. The van der Waals surface area contributed by atoms with Crippen LogP contribution >= 0.6 is 0 Å². The first-order valence-electron chi connectivity index (χ1n) is 8.00. The molecule has 1 amide bonds. The maximum Gasteiger partial charge on any atom is 0.224 e. The lowest BCUT2D eigenvalue weighted by atomic mass is 10.1. The van der Waals surface area contributed by atoms with Gasteiger partial charge in [0.15, 0.2) is 5.78 Å². The summed E-state index contributed by atoms with van der Waals surface area (Å²) in [6.45, 7) is 2.61. The van der Waals surface area contributed by atoms with Crippen LogP contribution in [0.25, 0.3) is 0 Å². The predicted molar refractivity (Wildman–Crippen MR) is 90.8 cm³/mol. The zero-order valence-electron chi connectivity index (χ0n) is 13.9. The van der Waals surface area contributed by atoms with Crippen LogP contribution in [0.1, 0.15) is 36.5 Å². The zero-order chi connectivity index (χ0) is 18.2. The van der Waals surface area contributed by atoms with Gasteiger partial charge in [-0.2, -0.15) is 0 Å². The van der Waals surface area contributed by atoms with Gasteiger partial charge in [0.1, 0.15) is 17.4 Å². The topological polar surface area (TPSA) is 55.4 Å². The van der Waals surface area contributed by atoms with E-state index in [1.165, 1.54) is 0 Å². The molecule has 0 radical (unpaired) electrons. The number of Topliss-reactive ketones (excluding diaryl/α,β-unsaturated/α-hetero) is 1. The molecule has 0 saturated carbocycles. The number of halogens is 2. The van der Waals surface area contributed by atoms with E-state index in [4.69, 9.17) is 4.74 Å². The average Bonchev–Trinajstić information content (AvgIpc) is 2.60. The van der Waals surface area contributed by atoms with Gasteiger partial charge < -0.3 is 10.1 Å². The van der Waals surface area contributed by atoms with E-state index in [1.807, 2.05) is 6.92 Å². The molecule has 0 aliphatic carbocycles. The Morgan fingerprint density at radius 1 is 1.04 bits per heavy atom. The highest BCUT2D eigenvalue weighted by molar-refractivity contribution is 6.00. The normalized spacial score (nSPS) is 10.4. The molecule has 0 saturated heterocycles. The van der Waals surface area contributed by atoms with Gasteiger partial charge in [-0.3, -0.25) is 9.59 Å². The maximum absolute atomic E-state index is 13.5. The van der Waals surface area contributed by atoms with Crippen LogP contribution in [0.3, 0.4) is 0 Å². The van der Waals surface area contributed by atoms with Gasteiger partial charge in [-0.25, -0.2) is 8.78 Å². The molecule has 0 fully saturated rings. The third-order valence-electron chi connectivity index (χ3n) is 3.43. The Morgan fingerprint density at radius 2 is 1.76 bits per heavy atom. The third-order valence-corrected chi connectivity index (χ3v) is 3.43. The first-order valence-corrected chi connectivity index (χ1v) is 8.00. The Balaban J connectivity index is 1.85. The lowest BCUT2D eigenvalue weighted by molar-refractivity contribution is -0.116. The van der Waals surface area contributed by atoms with Gasteiger partial charge in [0.25, 0.3) is 0 Å². The molecular formula is C19H19F2NO3. The summed E-state index contributed by atoms with van der Waals surface area (Å²) in [5.41, 5.74) is 0.362. The second-order valence-electron chi connectivity index (χ2n) is 5.47. The van der Waals surface area contributed by atoms with E-state index in [9.17, 15) is 18.4 Å². The van der Waals surface area contributed by atoms with Crippen molar-refractivity contribution in [2.24, 2.45) is 0 Å². The monoisotopic (exact) mass is 347 g/mol. The first kappa shape index (κ1) is 18.6. The quantitative estimate of drug-likeness (QED) is 0.722. The summed E-state index contributed by atoms with van der Waals surface area (Å²) >= 11 is 0. The number of carbonyl (C=O) groups excluding carboxylic acids is 2. The number of ketones is 1. The molecule has 132 valence electrons. The standard InChI is InChI=1S/C19H19F2NO3/c1-2-11-25-15-6-3-13(4-7-15)18(23)9-10-19(24)22-17-8-5-14(20)12-16(17)21/h3-8,12H,2,9-11H2,1H3,(H,22,24). The Labute approximate surface area is 144 Å². The van der Waals surface area contributed by atoms with Gasteiger partial charge in [-0.1, -0.05) is 6.92 Å². The SMILES string of the molecule is CCCOc1ccc(C(=O)CCC(=O)Nc2ccc(F)cc2F)cc1. The summed E-state index contributed by atoms with van der Waals surface area (Å²) in [5, 5.41) is 2.32. The Bertz CT molecular complexity index is 745. The number of carbonyl (C=O) groups is 2. The van der Waals surface area contributed by atoms with Crippen molar-refractivity contribution < 1.29 is 23.1 Å². The van der Waals surface area contributed by atoms with E-state index in [0.717, 1.165) is 18.6 Å². The van der Waals surface area contributed by atoms with Crippen molar-refractivity contribution in [3.63, 3.8) is 0 Å². The zero-order valence-corrected chi connectivity index (χ0v) is 13.9. The fourth-order valence-electron chi connectivity index (χ4n) is 2.13.